The quantitative estimate of drug-likeness (QED) is 0.587. The zero-order valence-electron chi connectivity index (χ0n) is 12.5. The molecule has 20 heavy (non-hydrogen) atoms. The van der Waals surface area contributed by atoms with Crippen LogP contribution in [0.5, 0.6) is 0 Å². The van der Waals surface area contributed by atoms with Gasteiger partial charge in [0.05, 0.1) is 6.61 Å². The molecule has 116 valence electrons. The van der Waals surface area contributed by atoms with Crippen molar-refractivity contribution in [1.82, 2.24) is 10.6 Å². The maximum absolute atomic E-state index is 12.0. The fourth-order valence-corrected chi connectivity index (χ4v) is 2.54. The van der Waals surface area contributed by atoms with Gasteiger partial charge in [0.2, 0.25) is 11.8 Å². The molecule has 0 aromatic heterocycles. The molecule has 4 N–H and O–H groups in total. The first-order valence-corrected chi connectivity index (χ1v) is 7.32. The third kappa shape index (κ3) is 5.88. The summed E-state index contributed by atoms with van der Waals surface area (Å²) >= 11 is 0. The Labute approximate surface area is 120 Å². The third-order valence-corrected chi connectivity index (χ3v) is 3.74. The molecule has 0 aliphatic heterocycles. The van der Waals surface area contributed by atoms with E-state index in [1.165, 1.54) is 6.42 Å². The van der Waals surface area contributed by atoms with E-state index < -0.39 is 11.6 Å². The number of amides is 2. The van der Waals surface area contributed by atoms with E-state index in [-0.39, 0.29) is 11.8 Å². The number of nitrogens with one attached hydrogen (secondary N) is 2. The summed E-state index contributed by atoms with van der Waals surface area (Å²) in [5, 5.41) is 5.40. The maximum atomic E-state index is 12.0. The molecule has 0 saturated heterocycles. The van der Waals surface area contributed by atoms with Crippen molar-refractivity contribution >= 4 is 11.8 Å². The van der Waals surface area contributed by atoms with Gasteiger partial charge < -0.3 is 21.1 Å². The Morgan fingerprint density at radius 2 is 1.95 bits per heavy atom. The summed E-state index contributed by atoms with van der Waals surface area (Å²) in [7, 11) is 1.57. The Balaban J connectivity index is 2.31. The van der Waals surface area contributed by atoms with Crippen molar-refractivity contribution in [3.05, 3.63) is 0 Å². The van der Waals surface area contributed by atoms with Gasteiger partial charge in [-0.2, -0.15) is 0 Å². The van der Waals surface area contributed by atoms with Crippen molar-refractivity contribution in [2.75, 3.05) is 20.3 Å². The number of carbonyl (C=O) groups excluding carboxylic acids is 2. The Kier molecular flexibility index (Phi) is 6.95. The van der Waals surface area contributed by atoms with Crippen molar-refractivity contribution in [1.29, 1.82) is 0 Å². The number of rotatable bonds is 7. The predicted molar refractivity (Wildman–Crippen MR) is 77.1 cm³/mol. The monoisotopic (exact) mass is 285 g/mol. The summed E-state index contributed by atoms with van der Waals surface area (Å²) in [4.78, 5) is 23.7. The summed E-state index contributed by atoms with van der Waals surface area (Å²) in [6.45, 7) is 2.57. The van der Waals surface area contributed by atoms with Crippen LogP contribution in [0.2, 0.25) is 0 Å². The molecular weight excluding hydrogens is 258 g/mol. The first-order chi connectivity index (χ1) is 9.47. The lowest BCUT2D eigenvalue weighted by Crippen LogP contribution is -2.50. The Hall–Kier alpha value is -1.14. The SMILES string of the molecule is COCCNC(=O)C(C)NC(=O)CC1(N)CCCCC1. The van der Waals surface area contributed by atoms with Gasteiger partial charge in [0.25, 0.3) is 0 Å². The Bertz CT molecular complexity index is 328. The number of ether oxygens (including phenoxy) is 1. The van der Waals surface area contributed by atoms with E-state index in [4.69, 9.17) is 10.5 Å². The summed E-state index contributed by atoms with van der Waals surface area (Å²) in [5.74, 6) is -0.353. The van der Waals surface area contributed by atoms with Gasteiger partial charge in [0.1, 0.15) is 6.04 Å². The standard InChI is InChI=1S/C14H27N3O3/c1-11(13(19)16-8-9-20-2)17-12(18)10-14(15)6-4-3-5-7-14/h11H,3-10,15H2,1-2H3,(H,16,19)(H,17,18). The van der Waals surface area contributed by atoms with E-state index >= 15 is 0 Å². The van der Waals surface area contributed by atoms with Gasteiger partial charge in [0, 0.05) is 25.6 Å². The van der Waals surface area contributed by atoms with Crippen LogP contribution in [0.15, 0.2) is 0 Å². The molecule has 0 bridgehead atoms. The van der Waals surface area contributed by atoms with Crippen LogP contribution < -0.4 is 16.4 Å². The first kappa shape index (κ1) is 16.9. The van der Waals surface area contributed by atoms with Gasteiger partial charge in [-0.1, -0.05) is 19.3 Å². The minimum absolute atomic E-state index is 0.149. The molecule has 1 atom stereocenters. The van der Waals surface area contributed by atoms with Crippen LogP contribution in [-0.4, -0.2) is 43.7 Å². The van der Waals surface area contributed by atoms with Gasteiger partial charge in [0.15, 0.2) is 0 Å². The summed E-state index contributed by atoms with van der Waals surface area (Å²) in [6.07, 6.45) is 5.42. The summed E-state index contributed by atoms with van der Waals surface area (Å²) < 4.78 is 4.85. The van der Waals surface area contributed by atoms with Crippen LogP contribution in [0.3, 0.4) is 0 Å². The smallest absolute Gasteiger partial charge is 0.242 e. The fraction of sp³-hybridized carbons (Fsp3) is 0.857. The van der Waals surface area contributed by atoms with Crippen LogP contribution in [0.25, 0.3) is 0 Å². The molecule has 1 aliphatic carbocycles. The number of carbonyl (C=O) groups is 2. The lowest BCUT2D eigenvalue weighted by Gasteiger charge is -2.33. The van der Waals surface area contributed by atoms with Crippen molar-refractivity contribution < 1.29 is 14.3 Å². The van der Waals surface area contributed by atoms with Crippen molar-refractivity contribution in [3.8, 4) is 0 Å². The minimum Gasteiger partial charge on any atom is -0.383 e. The van der Waals surface area contributed by atoms with E-state index in [2.05, 4.69) is 10.6 Å². The molecule has 1 saturated carbocycles. The highest BCUT2D eigenvalue weighted by atomic mass is 16.5. The molecule has 6 nitrogen and oxygen atoms in total. The van der Waals surface area contributed by atoms with Crippen molar-refractivity contribution in [2.45, 2.75) is 57.0 Å². The van der Waals surface area contributed by atoms with Gasteiger partial charge in [-0.3, -0.25) is 9.59 Å². The lowest BCUT2D eigenvalue weighted by molar-refractivity contribution is -0.129. The molecule has 2 amide bonds. The molecule has 1 fully saturated rings. The molecule has 0 radical (unpaired) electrons. The van der Waals surface area contributed by atoms with Crippen LogP contribution in [0, 0.1) is 0 Å². The van der Waals surface area contributed by atoms with Gasteiger partial charge in [-0.25, -0.2) is 0 Å². The fourth-order valence-electron chi connectivity index (χ4n) is 2.54. The van der Waals surface area contributed by atoms with Crippen LogP contribution in [0.4, 0.5) is 0 Å². The molecule has 1 unspecified atom stereocenters. The van der Waals surface area contributed by atoms with Crippen LogP contribution >= 0.6 is 0 Å². The highest BCUT2D eigenvalue weighted by molar-refractivity contribution is 5.87. The molecule has 0 aromatic carbocycles. The number of nitrogens with two attached hydrogens (primary N) is 1. The predicted octanol–water partition coefficient (Wildman–Crippen LogP) is 0.305. The average molecular weight is 285 g/mol. The van der Waals surface area contributed by atoms with E-state index in [1.807, 2.05) is 0 Å². The highest BCUT2D eigenvalue weighted by Gasteiger charge is 2.30. The Morgan fingerprint density at radius 3 is 2.55 bits per heavy atom. The van der Waals surface area contributed by atoms with Gasteiger partial charge in [-0.05, 0) is 19.8 Å². The van der Waals surface area contributed by atoms with E-state index in [1.54, 1.807) is 14.0 Å². The maximum Gasteiger partial charge on any atom is 0.242 e. The average Bonchev–Trinajstić information content (AvgIpc) is 2.38. The van der Waals surface area contributed by atoms with Gasteiger partial charge in [-0.15, -0.1) is 0 Å². The summed E-state index contributed by atoms with van der Waals surface area (Å²) in [5.41, 5.74) is 5.84. The molecular formula is C14H27N3O3. The third-order valence-electron chi connectivity index (χ3n) is 3.74. The molecule has 0 heterocycles. The zero-order chi connectivity index (χ0) is 15.0. The Morgan fingerprint density at radius 1 is 1.30 bits per heavy atom. The summed E-state index contributed by atoms with van der Waals surface area (Å²) in [6, 6.07) is -0.549. The molecule has 0 spiro atoms. The van der Waals surface area contributed by atoms with E-state index in [0.29, 0.717) is 19.6 Å². The van der Waals surface area contributed by atoms with Crippen molar-refractivity contribution in [2.24, 2.45) is 5.73 Å². The van der Waals surface area contributed by atoms with E-state index in [0.717, 1.165) is 25.7 Å². The normalized spacial score (nSPS) is 19.1. The topological polar surface area (TPSA) is 93.5 Å². The number of hydrogen-bond acceptors (Lipinski definition) is 4. The zero-order valence-corrected chi connectivity index (χ0v) is 12.5. The largest absolute Gasteiger partial charge is 0.383 e. The van der Waals surface area contributed by atoms with Gasteiger partial charge >= 0.3 is 0 Å². The van der Waals surface area contributed by atoms with Crippen LogP contribution in [0.1, 0.15) is 45.4 Å². The number of hydrogen-bond donors (Lipinski definition) is 3. The second-order valence-corrected chi connectivity index (χ2v) is 5.67. The van der Waals surface area contributed by atoms with Crippen molar-refractivity contribution in [3.63, 3.8) is 0 Å². The first-order valence-electron chi connectivity index (χ1n) is 7.32. The second kappa shape index (κ2) is 8.21. The molecule has 6 heteroatoms. The minimum atomic E-state index is -0.549. The molecule has 0 aromatic rings. The second-order valence-electron chi connectivity index (χ2n) is 5.67. The molecule has 1 rings (SSSR count). The van der Waals surface area contributed by atoms with E-state index in [9.17, 15) is 9.59 Å². The lowest BCUT2D eigenvalue weighted by atomic mass is 9.80. The van der Waals surface area contributed by atoms with Crippen LogP contribution in [-0.2, 0) is 14.3 Å². The number of methoxy groups -OCH3 is 1. The highest BCUT2D eigenvalue weighted by Crippen LogP contribution is 2.28. The molecule has 1 aliphatic rings.